The van der Waals surface area contributed by atoms with Crippen molar-refractivity contribution in [2.75, 3.05) is 13.6 Å². The van der Waals surface area contributed by atoms with Gasteiger partial charge in [-0.25, -0.2) is 9.59 Å². The van der Waals surface area contributed by atoms with Gasteiger partial charge in [-0.15, -0.1) is 0 Å². The van der Waals surface area contributed by atoms with Crippen LogP contribution >= 0.6 is 0 Å². The van der Waals surface area contributed by atoms with E-state index in [9.17, 15) is 24.3 Å². The van der Waals surface area contributed by atoms with Crippen molar-refractivity contribution in [1.82, 2.24) is 15.5 Å². The first-order valence-electron chi connectivity index (χ1n) is 8.99. The monoisotopic (exact) mass is 399 g/mol. The van der Waals surface area contributed by atoms with Crippen molar-refractivity contribution < 1.29 is 33.8 Å². The molecule has 0 bridgehead atoms. The lowest BCUT2D eigenvalue weighted by Gasteiger charge is -2.37. The number of amides is 3. The summed E-state index contributed by atoms with van der Waals surface area (Å²) >= 11 is 0. The van der Waals surface area contributed by atoms with E-state index in [-0.39, 0.29) is 0 Å². The van der Waals surface area contributed by atoms with Crippen LogP contribution in [0.4, 0.5) is 4.79 Å². The average Bonchev–Trinajstić information content (AvgIpc) is 2.53. The van der Waals surface area contributed by atoms with Gasteiger partial charge in [-0.05, 0) is 33.3 Å². The second kappa shape index (κ2) is 9.43. The highest BCUT2D eigenvalue weighted by Crippen LogP contribution is 2.21. The summed E-state index contributed by atoms with van der Waals surface area (Å²) in [5, 5.41) is 14.4. The SMILES string of the molecule is CCCN(C)C(=O)[C@@H]1OC(C(=O)O)=C[C@H](NC(=O)OC(C)(C)C)[C@H]1NC(C)=O. The largest absolute Gasteiger partial charge is 0.475 e. The third-order valence-corrected chi connectivity index (χ3v) is 3.74. The molecular formula is C18H29N3O7. The molecule has 10 heteroatoms. The van der Waals surface area contributed by atoms with Gasteiger partial charge in [0.2, 0.25) is 11.7 Å². The number of likely N-dealkylation sites (N-methyl/N-ethyl adjacent to an activating group) is 1. The standard InChI is InChI=1S/C18H29N3O7/c1-7-8-21(6)15(23)14-13(19-10(2)22)11(9-12(27-14)16(24)25)20-17(26)28-18(3,4)5/h9,11,13-14H,7-8H2,1-6H3,(H,19,22)(H,20,26)(H,24,25)/t11-,13+,14+/m0/s1. The number of carbonyl (C=O) groups excluding carboxylic acids is 3. The van der Waals surface area contributed by atoms with E-state index in [1.165, 1.54) is 11.8 Å². The minimum Gasteiger partial charge on any atom is -0.475 e. The highest BCUT2D eigenvalue weighted by molar-refractivity contribution is 5.89. The van der Waals surface area contributed by atoms with Crippen LogP contribution in [-0.4, -0.2) is 71.3 Å². The molecule has 0 fully saturated rings. The number of hydrogen-bond donors (Lipinski definition) is 3. The van der Waals surface area contributed by atoms with Gasteiger partial charge in [0.1, 0.15) is 5.60 Å². The summed E-state index contributed by atoms with van der Waals surface area (Å²) < 4.78 is 10.6. The lowest BCUT2D eigenvalue weighted by atomic mass is 9.97. The first-order valence-corrected chi connectivity index (χ1v) is 8.99. The Hall–Kier alpha value is -2.78. The van der Waals surface area contributed by atoms with Gasteiger partial charge in [0.05, 0.1) is 12.1 Å². The Morgan fingerprint density at radius 1 is 1.25 bits per heavy atom. The fourth-order valence-electron chi connectivity index (χ4n) is 2.67. The molecule has 3 atom stereocenters. The van der Waals surface area contributed by atoms with E-state index < -0.39 is 53.4 Å². The molecule has 10 nitrogen and oxygen atoms in total. The molecule has 0 radical (unpaired) electrons. The molecule has 0 aliphatic carbocycles. The number of rotatable bonds is 6. The van der Waals surface area contributed by atoms with Crippen LogP contribution < -0.4 is 10.6 Å². The van der Waals surface area contributed by atoms with Crippen LogP contribution in [0.2, 0.25) is 0 Å². The maximum absolute atomic E-state index is 12.8. The Kier molecular flexibility index (Phi) is 7.83. The zero-order valence-electron chi connectivity index (χ0n) is 17.1. The molecule has 0 saturated carbocycles. The Labute approximate surface area is 164 Å². The smallest absolute Gasteiger partial charge is 0.408 e. The van der Waals surface area contributed by atoms with Crippen LogP contribution in [0.1, 0.15) is 41.0 Å². The van der Waals surface area contributed by atoms with E-state index in [0.29, 0.717) is 13.0 Å². The number of nitrogens with zero attached hydrogens (tertiary/aromatic N) is 1. The third-order valence-electron chi connectivity index (χ3n) is 3.74. The average molecular weight is 399 g/mol. The van der Waals surface area contributed by atoms with Gasteiger partial charge in [-0.3, -0.25) is 9.59 Å². The van der Waals surface area contributed by atoms with Gasteiger partial charge in [-0.1, -0.05) is 6.92 Å². The van der Waals surface area contributed by atoms with Crippen molar-refractivity contribution in [2.24, 2.45) is 0 Å². The van der Waals surface area contributed by atoms with Crippen LogP contribution in [0.25, 0.3) is 0 Å². The summed E-state index contributed by atoms with van der Waals surface area (Å²) in [5.41, 5.74) is -0.783. The molecule has 1 heterocycles. The maximum Gasteiger partial charge on any atom is 0.408 e. The molecule has 1 aliphatic rings. The highest BCUT2D eigenvalue weighted by atomic mass is 16.6. The van der Waals surface area contributed by atoms with Crippen molar-refractivity contribution in [3.8, 4) is 0 Å². The number of carbonyl (C=O) groups is 4. The number of carboxylic acid groups (broad SMARTS) is 1. The van der Waals surface area contributed by atoms with Gasteiger partial charge >= 0.3 is 12.1 Å². The van der Waals surface area contributed by atoms with E-state index >= 15 is 0 Å². The van der Waals surface area contributed by atoms with E-state index in [1.54, 1.807) is 27.8 Å². The van der Waals surface area contributed by atoms with Gasteiger partial charge < -0.3 is 30.1 Å². The second-order valence-electron chi connectivity index (χ2n) is 7.53. The summed E-state index contributed by atoms with van der Waals surface area (Å²) in [6, 6.07) is -2.04. The summed E-state index contributed by atoms with van der Waals surface area (Å²) in [7, 11) is 1.55. The van der Waals surface area contributed by atoms with Crippen molar-refractivity contribution in [3.63, 3.8) is 0 Å². The molecule has 0 aromatic heterocycles. The first kappa shape index (κ1) is 23.3. The van der Waals surface area contributed by atoms with E-state index in [1.807, 2.05) is 6.92 Å². The van der Waals surface area contributed by atoms with E-state index in [0.717, 1.165) is 6.08 Å². The molecule has 158 valence electrons. The fraction of sp³-hybridized carbons (Fsp3) is 0.667. The predicted octanol–water partition coefficient (Wildman–Crippen LogP) is 0.620. The van der Waals surface area contributed by atoms with Crippen LogP contribution in [0.5, 0.6) is 0 Å². The first-order chi connectivity index (χ1) is 12.9. The normalized spacial score (nSPS) is 21.6. The van der Waals surface area contributed by atoms with Gasteiger partial charge in [0.15, 0.2) is 6.10 Å². The Balaban J connectivity index is 3.24. The third kappa shape index (κ3) is 6.75. The Bertz CT molecular complexity index is 654. The number of nitrogens with one attached hydrogen (secondary N) is 2. The molecule has 1 aliphatic heterocycles. The molecule has 28 heavy (non-hydrogen) atoms. The predicted molar refractivity (Wildman–Crippen MR) is 99.3 cm³/mol. The van der Waals surface area contributed by atoms with E-state index in [4.69, 9.17) is 9.47 Å². The van der Waals surface area contributed by atoms with Crippen LogP contribution in [0.3, 0.4) is 0 Å². The minimum absolute atomic E-state index is 0.418. The second-order valence-corrected chi connectivity index (χ2v) is 7.53. The number of aliphatic carboxylic acids is 1. The fourth-order valence-corrected chi connectivity index (χ4v) is 2.67. The van der Waals surface area contributed by atoms with Gasteiger partial charge in [0, 0.05) is 20.5 Å². The minimum atomic E-state index is -1.40. The van der Waals surface area contributed by atoms with E-state index in [2.05, 4.69) is 10.6 Å². The summed E-state index contributed by atoms with van der Waals surface area (Å²) in [5.74, 6) is -2.87. The summed E-state index contributed by atoms with van der Waals surface area (Å²) in [6.45, 7) is 8.57. The zero-order chi connectivity index (χ0) is 21.6. The molecule has 0 aromatic rings. The summed E-state index contributed by atoms with van der Waals surface area (Å²) in [6.07, 6.45) is -0.322. The summed E-state index contributed by atoms with van der Waals surface area (Å²) in [4.78, 5) is 49.5. The van der Waals surface area contributed by atoms with Crippen LogP contribution in [0, 0.1) is 0 Å². The van der Waals surface area contributed by atoms with Crippen LogP contribution in [0.15, 0.2) is 11.8 Å². The Morgan fingerprint density at radius 2 is 1.86 bits per heavy atom. The van der Waals surface area contributed by atoms with Gasteiger partial charge in [0.25, 0.3) is 5.91 Å². The van der Waals surface area contributed by atoms with Crippen molar-refractivity contribution in [2.45, 2.75) is 64.8 Å². The van der Waals surface area contributed by atoms with Crippen LogP contribution in [-0.2, 0) is 23.9 Å². The van der Waals surface area contributed by atoms with Gasteiger partial charge in [-0.2, -0.15) is 0 Å². The maximum atomic E-state index is 12.8. The molecule has 3 amide bonds. The van der Waals surface area contributed by atoms with Crippen molar-refractivity contribution in [1.29, 1.82) is 0 Å². The number of carboxylic acids is 1. The molecule has 0 aromatic carbocycles. The highest BCUT2D eigenvalue weighted by Gasteiger charge is 2.43. The molecule has 3 N–H and O–H groups in total. The lowest BCUT2D eigenvalue weighted by Crippen LogP contribution is -2.63. The van der Waals surface area contributed by atoms with Crippen molar-refractivity contribution >= 4 is 23.9 Å². The molecule has 1 rings (SSSR count). The number of hydrogen-bond acceptors (Lipinski definition) is 6. The number of alkyl carbamates (subject to hydrolysis) is 1. The molecule has 0 saturated heterocycles. The Morgan fingerprint density at radius 3 is 2.32 bits per heavy atom. The molecule has 0 unspecified atom stereocenters. The lowest BCUT2D eigenvalue weighted by molar-refractivity contribution is -0.148. The topological polar surface area (TPSA) is 134 Å². The quantitative estimate of drug-likeness (QED) is 0.596. The van der Waals surface area contributed by atoms with Crippen molar-refractivity contribution in [3.05, 3.63) is 11.8 Å². The molecule has 0 spiro atoms. The zero-order valence-corrected chi connectivity index (χ0v) is 17.1. The number of ether oxygens (including phenoxy) is 2. The molecular weight excluding hydrogens is 370 g/mol.